The van der Waals surface area contributed by atoms with E-state index in [1.54, 1.807) is 31.1 Å². The van der Waals surface area contributed by atoms with Crippen molar-refractivity contribution in [2.45, 2.75) is 12.8 Å². The van der Waals surface area contributed by atoms with Crippen molar-refractivity contribution in [1.29, 1.82) is 0 Å². The molecule has 0 radical (unpaired) electrons. The van der Waals surface area contributed by atoms with Crippen molar-refractivity contribution in [2.24, 2.45) is 0 Å². The Labute approximate surface area is 144 Å². The van der Waals surface area contributed by atoms with Crippen molar-refractivity contribution >= 4 is 33.4 Å². The lowest BCUT2D eigenvalue weighted by Gasteiger charge is -2.11. The Hall–Kier alpha value is -2.14. The fraction of sp³-hybridized carbons (Fsp3) is 0.222. The summed E-state index contributed by atoms with van der Waals surface area (Å²) in [5.74, 6) is -0.0617. The molecule has 5 heteroatoms. The van der Waals surface area contributed by atoms with Crippen molar-refractivity contribution < 1.29 is 9.59 Å². The second-order valence-electron chi connectivity index (χ2n) is 5.45. The fourth-order valence-corrected chi connectivity index (χ4v) is 2.35. The van der Waals surface area contributed by atoms with Gasteiger partial charge >= 0.3 is 0 Å². The van der Waals surface area contributed by atoms with E-state index in [1.807, 2.05) is 36.4 Å². The predicted octanol–water partition coefficient (Wildman–Crippen LogP) is 3.72. The van der Waals surface area contributed by atoms with Crippen LogP contribution in [0.25, 0.3) is 0 Å². The summed E-state index contributed by atoms with van der Waals surface area (Å²) in [6.07, 6.45) is 1.11. The molecule has 4 nitrogen and oxygen atoms in total. The highest BCUT2D eigenvalue weighted by atomic mass is 79.9. The van der Waals surface area contributed by atoms with Gasteiger partial charge in [-0.3, -0.25) is 9.59 Å². The SMILES string of the molecule is CN(C)C(=O)CCc1cccc(NC(=O)c2ccc(Br)cc2)c1. The number of hydrogen-bond acceptors (Lipinski definition) is 2. The third-order valence-corrected chi connectivity index (χ3v) is 3.95. The zero-order valence-electron chi connectivity index (χ0n) is 13.2. The minimum Gasteiger partial charge on any atom is -0.349 e. The number of nitrogens with one attached hydrogen (secondary N) is 1. The highest BCUT2D eigenvalue weighted by Gasteiger charge is 2.08. The van der Waals surface area contributed by atoms with Crippen LogP contribution in [0.3, 0.4) is 0 Å². The molecule has 120 valence electrons. The normalized spacial score (nSPS) is 10.2. The number of amides is 2. The number of nitrogens with zero attached hydrogens (tertiary/aromatic N) is 1. The van der Waals surface area contributed by atoms with Gasteiger partial charge in [-0.1, -0.05) is 28.1 Å². The van der Waals surface area contributed by atoms with Crippen LogP contribution in [0, 0.1) is 0 Å². The van der Waals surface area contributed by atoms with E-state index < -0.39 is 0 Å². The first-order chi connectivity index (χ1) is 11.0. The Morgan fingerprint density at radius 1 is 1.09 bits per heavy atom. The molecule has 0 saturated heterocycles. The lowest BCUT2D eigenvalue weighted by molar-refractivity contribution is -0.128. The second-order valence-corrected chi connectivity index (χ2v) is 6.37. The van der Waals surface area contributed by atoms with Crippen molar-refractivity contribution in [2.75, 3.05) is 19.4 Å². The van der Waals surface area contributed by atoms with E-state index in [1.165, 1.54) is 0 Å². The smallest absolute Gasteiger partial charge is 0.255 e. The van der Waals surface area contributed by atoms with E-state index in [0.717, 1.165) is 15.7 Å². The van der Waals surface area contributed by atoms with Gasteiger partial charge in [0.05, 0.1) is 0 Å². The van der Waals surface area contributed by atoms with Crippen molar-refractivity contribution in [3.63, 3.8) is 0 Å². The summed E-state index contributed by atoms with van der Waals surface area (Å²) in [4.78, 5) is 25.4. The lowest BCUT2D eigenvalue weighted by Crippen LogP contribution is -2.21. The molecule has 0 spiro atoms. The van der Waals surface area contributed by atoms with Crippen LogP contribution in [0.4, 0.5) is 5.69 Å². The van der Waals surface area contributed by atoms with Gasteiger partial charge in [-0.2, -0.15) is 0 Å². The van der Waals surface area contributed by atoms with Crippen LogP contribution < -0.4 is 5.32 Å². The molecule has 0 fully saturated rings. The van der Waals surface area contributed by atoms with Gasteiger partial charge in [0.1, 0.15) is 0 Å². The minimum absolute atomic E-state index is 0.0919. The molecule has 23 heavy (non-hydrogen) atoms. The van der Waals surface area contributed by atoms with E-state index in [9.17, 15) is 9.59 Å². The van der Waals surface area contributed by atoms with Gasteiger partial charge < -0.3 is 10.2 Å². The van der Waals surface area contributed by atoms with Crippen LogP contribution in [-0.2, 0) is 11.2 Å². The molecule has 0 aliphatic heterocycles. The van der Waals surface area contributed by atoms with E-state index in [0.29, 0.717) is 18.4 Å². The highest BCUT2D eigenvalue weighted by molar-refractivity contribution is 9.10. The monoisotopic (exact) mass is 374 g/mol. The van der Waals surface area contributed by atoms with Crippen molar-refractivity contribution in [3.8, 4) is 0 Å². The van der Waals surface area contributed by atoms with Crippen molar-refractivity contribution in [1.82, 2.24) is 4.90 Å². The number of benzene rings is 2. The number of anilines is 1. The Morgan fingerprint density at radius 3 is 2.43 bits per heavy atom. The molecule has 2 aromatic rings. The largest absolute Gasteiger partial charge is 0.349 e. The number of carbonyl (C=O) groups excluding carboxylic acids is 2. The van der Waals surface area contributed by atoms with Gasteiger partial charge in [-0.05, 0) is 48.4 Å². The molecule has 0 atom stereocenters. The maximum absolute atomic E-state index is 12.2. The summed E-state index contributed by atoms with van der Waals surface area (Å²) in [5, 5.41) is 2.88. The first-order valence-corrected chi connectivity index (χ1v) is 8.11. The molecule has 0 aliphatic carbocycles. The molecule has 2 aromatic carbocycles. The molecule has 0 heterocycles. The molecule has 0 saturated carbocycles. The molecular weight excluding hydrogens is 356 g/mol. The average Bonchev–Trinajstić information content (AvgIpc) is 2.53. The number of hydrogen-bond donors (Lipinski definition) is 1. The fourth-order valence-electron chi connectivity index (χ4n) is 2.08. The van der Waals surface area contributed by atoms with Gasteiger partial charge in [0.25, 0.3) is 5.91 Å². The lowest BCUT2D eigenvalue weighted by atomic mass is 10.1. The van der Waals surface area contributed by atoms with Crippen molar-refractivity contribution in [3.05, 3.63) is 64.1 Å². The Balaban J connectivity index is 2.00. The number of carbonyl (C=O) groups is 2. The maximum Gasteiger partial charge on any atom is 0.255 e. The molecule has 0 aromatic heterocycles. The zero-order chi connectivity index (χ0) is 16.8. The van der Waals surface area contributed by atoms with Gasteiger partial charge in [-0.15, -0.1) is 0 Å². The Kier molecular flexibility index (Phi) is 5.93. The third kappa shape index (κ3) is 5.21. The number of halogens is 1. The summed E-state index contributed by atoms with van der Waals surface area (Å²) in [5.41, 5.74) is 2.35. The summed E-state index contributed by atoms with van der Waals surface area (Å²) >= 11 is 3.35. The maximum atomic E-state index is 12.2. The van der Waals surface area contributed by atoms with Gasteiger partial charge in [0, 0.05) is 36.2 Å². The van der Waals surface area contributed by atoms with Crippen LogP contribution in [0.5, 0.6) is 0 Å². The van der Waals surface area contributed by atoms with Crippen LogP contribution in [0.15, 0.2) is 53.0 Å². The van der Waals surface area contributed by atoms with Gasteiger partial charge in [0.2, 0.25) is 5.91 Å². The average molecular weight is 375 g/mol. The summed E-state index contributed by atoms with van der Waals surface area (Å²) in [7, 11) is 3.49. The third-order valence-electron chi connectivity index (χ3n) is 3.42. The van der Waals surface area contributed by atoms with Crippen LogP contribution in [-0.4, -0.2) is 30.8 Å². The molecular formula is C18H19BrN2O2. The quantitative estimate of drug-likeness (QED) is 0.866. The first-order valence-electron chi connectivity index (χ1n) is 7.32. The first kappa shape index (κ1) is 17.2. The molecule has 0 unspecified atom stereocenters. The Morgan fingerprint density at radius 2 is 1.78 bits per heavy atom. The van der Waals surface area contributed by atoms with E-state index in [4.69, 9.17) is 0 Å². The molecule has 0 bridgehead atoms. The van der Waals surface area contributed by atoms with E-state index >= 15 is 0 Å². The van der Waals surface area contributed by atoms with Crippen LogP contribution in [0.2, 0.25) is 0 Å². The molecule has 2 rings (SSSR count). The number of aryl methyl sites for hydroxylation is 1. The van der Waals surface area contributed by atoms with Gasteiger partial charge in [-0.25, -0.2) is 0 Å². The second kappa shape index (κ2) is 7.92. The predicted molar refractivity (Wildman–Crippen MR) is 95.6 cm³/mol. The number of rotatable bonds is 5. The summed E-state index contributed by atoms with van der Waals surface area (Å²) < 4.78 is 0.932. The summed E-state index contributed by atoms with van der Waals surface area (Å²) in [6.45, 7) is 0. The topological polar surface area (TPSA) is 49.4 Å². The molecule has 0 aliphatic rings. The molecule has 2 amide bonds. The minimum atomic E-state index is -0.154. The Bertz CT molecular complexity index is 696. The van der Waals surface area contributed by atoms with E-state index in [2.05, 4.69) is 21.2 Å². The summed E-state index contributed by atoms with van der Waals surface area (Å²) in [6, 6.07) is 14.8. The van der Waals surface area contributed by atoms with Crippen LogP contribution >= 0.6 is 15.9 Å². The molecule has 1 N–H and O–H groups in total. The standard InChI is InChI=1S/C18H19BrN2O2/c1-21(2)17(22)11-6-13-4-3-5-16(12-13)20-18(23)14-7-9-15(19)10-8-14/h3-5,7-10,12H,6,11H2,1-2H3,(H,20,23). The van der Waals surface area contributed by atoms with Crippen LogP contribution in [0.1, 0.15) is 22.3 Å². The highest BCUT2D eigenvalue weighted by Crippen LogP contribution is 2.15. The van der Waals surface area contributed by atoms with E-state index in [-0.39, 0.29) is 11.8 Å². The zero-order valence-corrected chi connectivity index (χ0v) is 14.8. The van der Waals surface area contributed by atoms with Gasteiger partial charge in [0.15, 0.2) is 0 Å².